The van der Waals surface area contributed by atoms with Gasteiger partial charge in [-0.3, -0.25) is 4.79 Å². The summed E-state index contributed by atoms with van der Waals surface area (Å²) in [5, 5.41) is 22.6. The Labute approximate surface area is 234 Å². The van der Waals surface area contributed by atoms with Gasteiger partial charge in [0.05, 0.1) is 27.0 Å². The van der Waals surface area contributed by atoms with Crippen LogP contribution in [-0.2, 0) is 19.9 Å². The molecule has 0 spiro atoms. The van der Waals surface area contributed by atoms with Crippen LogP contribution in [0.2, 0.25) is 5.02 Å². The molecule has 4 rings (SSSR count). The second-order valence-corrected chi connectivity index (χ2v) is 14.8. The van der Waals surface area contributed by atoms with Crippen molar-refractivity contribution >= 4 is 43.1 Å². The Morgan fingerprint density at radius 2 is 1.65 bits per heavy atom. The van der Waals surface area contributed by atoms with E-state index in [-0.39, 0.29) is 40.6 Å². The summed E-state index contributed by atoms with van der Waals surface area (Å²) in [5.41, 5.74) is -2.05. The Morgan fingerprint density at radius 3 is 2.17 bits per heavy atom. The van der Waals surface area contributed by atoms with E-state index in [4.69, 9.17) is 11.6 Å². The van der Waals surface area contributed by atoms with Gasteiger partial charge in [0, 0.05) is 42.5 Å². The third-order valence-electron chi connectivity index (χ3n) is 7.91. The molecule has 2 aromatic rings. The lowest BCUT2D eigenvalue weighted by Crippen LogP contribution is -2.56. The monoisotopic (exact) mass is 624 g/mol. The lowest BCUT2D eigenvalue weighted by molar-refractivity contribution is -0.115. The van der Waals surface area contributed by atoms with E-state index in [0.29, 0.717) is 25.0 Å². The highest BCUT2D eigenvalue weighted by Crippen LogP contribution is 2.55. The maximum atomic E-state index is 13.7. The molecule has 0 aromatic heterocycles. The number of aliphatic hydroxyl groups is 2. The second kappa shape index (κ2) is 11.2. The molecule has 0 heterocycles. The number of fused-ring (bicyclic) bond motifs is 2. The highest BCUT2D eigenvalue weighted by molar-refractivity contribution is 7.92. The Morgan fingerprint density at radius 1 is 1.07 bits per heavy atom. The van der Waals surface area contributed by atoms with Crippen LogP contribution < -0.4 is 10.0 Å². The molecule has 2 bridgehead atoms. The smallest absolute Gasteiger partial charge is 0.255 e. The number of hydrogen-bond acceptors (Lipinski definition) is 7. The number of rotatable bonds is 9. The molecule has 4 N–H and O–H groups in total. The number of benzene rings is 2. The van der Waals surface area contributed by atoms with Gasteiger partial charge in [0.25, 0.3) is 5.91 Å². The van der Waals surface area contributed by atoms with Gasteiger partial charge in [-0.05, 0) is 55.7 Å². The van der Waals surface area contributed by atoms with E-state index in [0.717, 1.165) is 12.3 Å². The van der Waals surface area contributed by atoms with Crippen LogP contribution >= 0.6 is 11.6 Å². The van der Waals surface area contributed by atoms with E-state index in [9.17, 15) is 45.0 Å². The van der Waals surface area contributed by atoms with Gasteiger partial charge >= 0.3 is 0 Å². The first-order chi connectivity index (χ1) is 18.6. The second-order valence-electron chi connectivity index (χ2n) is 10.4. The van der Waals surface area contributed by atoms with Crippen molar-refractivity contribution in [2.24, 2.45) is 17.8 Å². The minimum Gasteiger partial charge on any atom is -0.396 e. The molecular weight excluding hydrogens is 597 g/mol. The lowest BCUT2D eigenvalue weighted by atomic mass is 9.67. The minimum atomic E-state index is -4.15. The first-order valence-corrected chi connectivity index (χ1v) is 16.2. The van der Waals surface area contributed by atoms with E-state index in [1.54, 1.807) is 0 Å². The van der Waals surface area contributed by atoms with Crippen molar-refractivity contribution in [2.45, 2.75) is 41.4 Å². The van der Waals surface area contributed by atoms with E-state index < -0.39 is 78.4 Å². The van der Waals surface area contributed by atoms with Crippen LogP contribution in [0, 0.1) is 35.2 Å². The molecule has 0 radical (unpaired) electrons. The van der Waals surface area contributed by atoms with Gasteiger partial charge in [-0.2, -0.15) is 0 Å². The van der Waals surface area contributed by atoms with Crippen LogP contribution in [0.3, 0.4) is 0 Å². The van der Waals surface area contributed by atoms with Crippen LogP contribution in [0.15, 0.2) is 35.2 Å². The summed E-state index contributed by atoms with van der Waals surface area (Å²) >= 11 is 6.23. The maximum Gasteiger partial charge on any atom is 0.255 e. The zero-order valence-corrected chi connectivity index (χ0v) is 23.6. The van der Waals surface area contributed by atoms with Crippen molar-refractivity contribution in [3.05, 3.63) is 58.4 Å². The van der Waals surface area contributed by atoms with Gasteiger partial charge in [0.15, 0.2) is 27.3 Å². The minimum absolute atomic E-state index is 0.0194. The average Bonchev–Trinajstić information content (AvgIpc) is 3.03. The number of sulfone groups is 1. The molecule has 2 saturated carbocycles. The van der Waals surface area contributed by atoms with Crippen molar-refractivity contribution in [1.82, 2.24) is 4.72 Å². The zero-order valence-electron chi connectivity index (χ0n) is 21.2. The summed E-state index contributed by atoms with van der Waals surface area (Å²) in [5.74, 6) is -7.59. The van der Waals surface area contributed by atoms with Crippen LogP contribution in [0.4, 0.5) is 18.9 Å². The Bertz CT molecular complexity index is 1500. The number of sulfonamides is 1. The standard InChI is InChI=1S/C25H28ClF3N2O7S2/c1-39(35,36)30-11-16(12-32)25(34)14-3-4-15(25)8-18(7-14)40(37,38)22-6-13(2-5-19(22)26)24(33)31-17-9-20(27)23(29)21(28)10-17/h2,5-6,9-10,14-16,18,30,32,34H,3-4,7-8,11-12H2,1H3,(H,31,33)/t14?,15?,16?,18-,25-. The van der Waals surface area contributed by atoms with Gasteiger partial charge in [-0.25, -0.2) is 34.7 Å². The van der Waals surface area contributed by atoms with Crippen LogP contribution in [-0.4, -0.2) is 63.2 Å². The summed E-state index contributed by atoms with van der Waals surface area (Å²) in [6, 6.07) is 4.61. The van der Waals surface area contributed by atoms with Crippen LogP contribution in [0.1, 0.15) is 36.0 Å². The number of amides is 1. The van der Waals surface area contributed by atoms with Gasteiger partial charge in [-0.1, -0.05) is 11.6 Å². The highest BCUT2D eigenvalue weighted by Gasteiger charge is 2.58. The number of aliphatic hydroxyl groups excluding tert-OH is 1. The molecule has 9 nitrogen and oxygen atoms in total. The van der Waals surface area contributed by atoms with Crippen molar-refractivity contribution < 1.29 is 45.0 Å². The number of carbonyl (C=O) groups excluding carboxylic acids is 1. The van der Waals surface area contributed by atoms with Crippen molar-refractivity contribution in [1.29, 1.82) is 0 Å². The summed E-state index contributed by atoms with van der Waals surface area (Å²) in [4.78, 5) is 12.4. The first kappa shape index (κ1) is 30.7. The maximum absolute atomic E-state index is 13.7. The molecule has 0 aliphatic heterocycles. The number of halogens is 4. The third kappa shape index (κ3) is 5.88. The molecule has 3 atom stereocenters. The molecule has 2 aromatic carbocycles. The molecule has 1 amide bonds. The average molecular weight is 625 g/mol. The van der Waals surface area contributed by atoms with Gasteiger partial charge in [0.2, 0.25) is 10.0 Å². The molecule has 40 heavy (non-hydrogen) atoms. The van der Waals surface area contributed by atoms with Crippen molar-refractivity contribution in [3.63, 3.8) is 0 Å². The Balaban J connectivity index is 1.57. The fourth-order valence-electron chi connectivity index (χ4n) is 5.96. The third-order valence-corrected chi connectivity index (χ3v) is 11.3. The highest BCUT2D eigenvalue weighted by atomic mass is 35.5. The van der Waals surface area contributed by atoms with Crippen LogP contribution in [0.25, 0.3) is 0 Å². The fourth-order valence-corrected chi connectivity index (χ4v) is 8.87. The lowest BCUT2D eigenvalue weighted by Gasteiger charge is -2.46. The predicted molar refractivity (Wildman–Crippen MR) is 141 cm³/mol. The number of hydrogen-bond donors (Lipinski definition) is 4. The topological polar surface area (TPSA) is 150 Å². The summed E-state index contributed by atoms with van der Waals surface area (Å²) in [7, 11) is -7.74. The number of carbonyl (C=O) groups is 1. The summed E-state index contributed by atoms with van der Waals surface area (Å²) < 4.78 is 93.2. The molecule has 15 heteroatoms. The Hall–Kier alpha value is -2.23. The Kier molecular flexibility index (Phi) is 8.61. The zero-order chi connectivity index (χ0) is 29.6. The van der Waals surface area contributed by atoms with E-state index in [1.165, 1.54) is 12.1 Å². The molecule has 0 saturated heterocycles. The van der Waals surface area contributed by atoms with Gasteiger partial charge in [0.1, 0.15) is 0 Å². The van der Waals surface area contributed by atoms with E-state index >= 15 is 0 Å². The molecule has 2 aliphatic rings. The van der Waals surface area contributed by atoms with Crippen LogP contribution in [0.5, 0.6) is 0 Å². The van der Waals surface area contributed by atoms with Gasteiger partial charge in [-0.15, -0.1) is 0 Å². The normalized spacial score (nSPS) is 25.5. The largest absolute Gasteiger partial charge is 0.396 e. The quantitative estimate of drug-likeness (QED) is 0.313. The molecular formula is C25H28ClF3N2O7S2. The molecule has 3 unspecified atom stereocenters. The molecule has 220 valence electrons. The first-order valence-electron chi connectivity index (χ1n) is 12.3. The molecule has 2 aliphatic carbocycles. The summed E-state index contributed by atoms with van der Waals surface area (Å²) in [6.07, 6.45) is 1.95. The van der Waals surface area contributed by atoms with Gasteiger partial charge < -0.3 is 15.5 Å². The van der Waals surface area contributed by atoms with Crippen molar-refractivity contribution in [2.75, 3.05) is 24.7 Å². The number of nitrogens with one attached hydrogen (secondary N) is 2. The summed E-state index contributed by atoms with van der Waals surface area (Å²) in [6.45, 7) is -0.713. The van der Waals surface area contributed by atoms with Crippen molar-refractivity contribution in [3.8, 4) is 0 Å². The SMILES string of the molecule is CS(=O)(=O)NCC(CO)[C@]1(O)C2CCC1C[C@@H](S(=O)(=O)c1cc(C(=O)Nc3cc(F)c(F)c(F)c3)ccc1Cl)C2. The predicted octanol–water partition coefficient (Wildman–Crippen LogP) is 2.86. The fraction of sp³-hybridized carbons (Fsp3) is 0.480. The number of anilines is 1. The van der Waals surface area contributed by atoms with E-state index in [2.05, 4.69) is 10.0 Å². The molecule has 2 fully saturated rings. The van der Waals surface area contributed by atoms with E-state index in [1.807, 2.05) is 0 Å².